The molecule has 3 heteroatoms. The second kappa shape index (κ2) is 4.60. The number of benzene rings is 1. The molecule has 1 N–H and O–H groups in total. The van der Waals surface area contributed by atoms with E-state index in [1.165, 1.54) is 19.9 Å². The molecule has 2 nitrogen and oxygen atoms in total. The summed E-state index contributed by atoms with van der Waals surface area (Å²) in [5, 5.41) is 10.0. The van der Waals surface area contributed by atoms with Crippen molar-refractivity contribution in [1.82, 2.24) is 0 Å². The SMILES string of the molecule is CC(C)(O)C(=O)/C=C/c1ccc(Cl)cc1. The van der Waals surface area contributed by atoms with Crippen molar-refractivity contribution >= 4 is 23.5 Å². The highest BCUT2D eigenvalue weighted by molar-refractivity contribution is 6.30. The van der Waals surface area contributed by atoms with Gasteiger partial charge in [0.05, 0.1) is 0 Å². The maximum atomic E-state index is 11.3. The van der Waals surface area contributed by atoms with Gasteiger partial charge in [-0.15, -0.1) is 0 Å². The van der Waals surface area contributed by atoms with E-state index in [1.807, 2.05) is 0 Å². The quantitative estimate of drug-likeness (QED) is 0.802. The van der Waals surface area contributed by atoms with E-state index in [-0.39, 0.29) is 5.78 Å². The summed E-state index contributed by atoms with van der Waals surface area (Å²) in [7, 11) is 0. The summed E-state index contributed by atoms with van der Waals surface area (Å²) in [6, 6.07) is 7.10. The van der Waals surface area contributed by atoms with Gasteiger partial charge in [-0.25, -0.2) is 0 Å². The van der Waals surface area contributed by atoms with E-state index in [0.29, 0.717) is 5.02 Å². The van der Waals surface area contributed by atoms with E-state index < -0.39 is 5.60 Å². The molecule has 0 saturated carbocycles. The zero-order chi connectivity index (χ0) is 11.5. The molecule has 1 rings (SSSR count). The van der Waals surface area contributed by atoms with Gasteiger partial charge >= 0.3 is 0 Å². The Labute approximate surface area is 94.2 Å². The first-order valence-corrected chi connectivity index (χ1v) is 4.98. The molecule has 0 saturated heterocycles. The third kappa shape index (κ3) is 3.86. The van der Waals surface area contributed by atoms with Gasteiger partial charge in [-0.1, -0.05) is 29.8 Å². The molecule has 1 aromatic rings. The minimum atomic E-state index is -1.32. The molecule has 0 amide bonds. The standard InChI is InChI=1S/C12H13ClO2/c1-12(2,15)11(14)8-5-9-3-6-10(13)7-4-9/h3-8,15H,1-2H3/b8-5+. The van der Waals surface area contributed by atoms with Crippen molar-refractivity contribution in [2.75, 3.05) is 0 Å². The molecule has 80 valence electrons. The van der Waals surface area contributed by atoms with Crippen LogP contribution in [-0.2, 0) is 4.79 Å². The summed E-state index contributed by atoms with van der Waals surface area (Å²) >= 11 is 5.72. The number of hydrogen-bond acceptors (Lipinski definition) is 2. The maximum Gasteiger partial charge on any atom is 0.186 e. The largest absolute Gasteiger partial charge is 0.382 e. The second-order valence-corrected chi connectivity index (χ2v) is 4.24. The van der Waals surface area contributed by atoms with Crippen LogP contribution in [-0.4, -0.2) is 16.5 Å². The van der Waals surface area contributed by atoms with Crippen molar-refractivity contribution in [1.29, 1.82) is 0 Å². The van der Waals surface area contributed by atoms with E-state index in [4.69, 9.17) is 11.6 Å². The predicted molar refractivity (Wildman–Crippen MR) is 61.8 cm³/mol. The van der Waals surface area contributed by atoms with Gasteiger partial charge < -0.3 is 5.11 Å². The Kier molecular flexibility index (Phi) is 3.66. The van der Waals surface area contributed by atoms with Crippen LogP contribution in [0.15, 0.2) is 30.3 Å². The molecule has 0 aliphatic carbocycles. The first-order valence-electron chi connectivity index (χ1n) is 4.60. The summed E-state index contributed by atoms with van der Waals surface area (Å²) < 4.78 is 0. The number of rotatable bonds is 3. The second-order valence-electron chi connectivity index (χ2n) is 3.81. The van der Waals surface area contributed by atoms with Gasteiger partial charge in [0, 0.05) is 5.02 Å². The first-order chi connectivity index (χ1) is 6.89. The van der Waals surface area contributed by atoms with Gasteiger partial charge in [0.15, 0.2) is 5.78 Å². The van der Waals surface area contributed by atoms with Crippen LogP contribution >= 0.6 is 11.6 Å². The highest BCUT2D eigenvalue weighted by atomic mass is 35.5. The Morgan fingerprint density at radius 3 is 2.33 bits per heavy atom. The van der Waals surface area contributed by atoms with E-state index >= 15 is 0 Å². The molecule has 0 bridgehead atoms. The van der Waals surface area contributed by atoms with E-state index in [1.54, 1.807) is 30.3 Å². The van der Waals surface area contributed by atoms with Gasteiger partial charge in [-0.2, -0.15) is 0 Å². The molecule has 0 aromatic heterocycles. The molecular weight excluding hydrogens is 212 g/mol. The van der Waals surface area contributed by atoms with Gasteiger partial charge in [0.2, 0.25) is 0 Å². The van der Waals surface area contributed by atoms with Crippen LogP contribution in [0.1, 0.15) is 19.4 Å². The number of carbonyl (C=O) groups excluding carboxylic acids is 1. The highest BCUT2D eigenvalue weighted by Gasteiger charge is 2.20. The van der Waals surface area contributed by atoms with Gasteiger partial charge in [-0.3, -0.25) is 4.79 Å². The number of halogens is 1. The average molecular weight is 225 g/mol. The summed E-state index contributed by atoms with van der Waals surface area (Å²) in [4.78, 5) is 11.3. The normalized spacial score (nSPS) is 12.0. The van der Waals surface area contributed by atoms with Gasteiger partial charge in [0.25, 0.3) is 0 Å². The molecule has 0 aliphatic rings. The minimum Gasteiger partial charge on any atom is -0.382 e. The molecule has 1 aromatic carbocycles. The molecule has 0 spiro atoms. The van der Waals surface area contributed by atoms with Crippen molar-refractivity contribution < 1.29 is 9.90 Å². The lowest BCUT2D eigenvalue weighted by Crippen LogP contribution is -2.29. The Bertz CT molecular complexity index is 372. The maximum absolute atomic E-state index is 11.3. The van der Waals surface area contributed by atoms with Crippen LogP contribution in [0.5, 0.6) is 0 Å². The first kappa shape index (κ1) is 12.0. The van der Waals surface area contributed by atoms with E-state index in [2.05, 4.69) is 0 Å². The smallest absolute Gasteiger partial charge is 0.186 e. The monoisotopic (exact) mass is 224 g/mol. The average Bonchev–Trinajstić information content (AvgIpc) is 2.15. The molecule has 0 radical (unpaired) electrons. The van der Waals surface area contributed by atoms with Crippen LogP contribution < -0.4 is 0 Å². The van der Waals surface area contributed by atoms with Crippen LogP contribution in [0.3, 0.4) is 0 Å². The van der Waals surface area contributed by atoms with Gasteiger partial charge in [-0.05, 0) is 37.6 Å². The minimum absolute atomic E-state index is 0.322. The van der Waals surface area contributed by atoms with Gasteiger partial charge in [0.1, 0.15) is 5.60 Å². The van der Waals surface area contributed by atoms with Crippen LogP contribution in [0.2, 0.25) is 5.02 Å². The fourth-order valence-corrected chi connectivity index (χ4v) is 1.08. The number of ketones is 1. The Morgan fingerprint density at radius 1 is 1.33 bits per heavy atom. The molecular formula is C12H13ClO2. The van der Waals surface area contributed by atoms with Crippen LogP contribution in [0, 0.1) is 0 Å². The fourth-order valence-electron chi connectivity index (χ4n) is 0.950. The van der Waals surface area contributed by atoms with Crippen molar-refractivity contribution in [3.8, 4) is 0 Å². The molecule has 0 unspecified atom stereocenters. The summed E-state index contributed by atoms with van der Waals surface area (Å²) in [5.74, 6) is -0.322. The third-order valence-corrected chi connectivity index (χ3v) is 2.15. The summed E-state index contributed by atoms with van der Waals surface area (Å²) in [6.45, 7) is 2.92. The lowest BCUT2D eigenvalue weighted by atomic mass is 10.0. The topological polar surface area (TPSA) is 37.3 Å². The number of carbonyl (C=O) groups is 1. The fraction of sp³-hybridized carbons (Fsp3) is 0.250. The summed E-state index contributed by atoms with van der Waals surface area (Å²) in [6.07, 6.45) is 3.01. The Hall–Kier alpha value is -1.12. The summed E-state index contributed by atoms with van der Waals surface area (Å²) in [5.41, 5.74) is -0.444. The lowest BCUT2D eigenvalue weighted by Gasteiger charge is -2.11. The molecule has 15 heavy (non-hydrogen) atoms. The van der Waals surface area contributed by atoms with Crippen LogP contribution in [0.4, 0.5) is 0 Å². The number of hydrogen-bond donors (Lipinski definition) is 1. The van der Waals surface area contributed by atoms with Crippen LogP contribution in [0.25, 0.3) is 6.08 Å². The molecule has 0 heterocycles. The predicted octanol–water partition coefficient (Wildman–Crippen LogP) is 2.69. The zero-order valence-corrected chi connectivity index (χ0v) is 9.45. The Morgan fingerprint density at radius 2 is 1.87 bits per heavy atom. The van der Waals surface area contributed by atoms with Crippen molar-refractivity contribution in [2.45, 2.75) is 19.4 Å². The van der Waals surface area contributed by atoms with Crippen molar-refractivity contribution in [3.05, 3.63) is 40.9 Å². The van der Waals surface area contributed by atoms with Crippen molar-refractivity contribution in [3.63, 3.8) is 0 Å². The molecule has 0 aliphatic heterocycles. The Balaban J connectivity index is 2.74. The highest BCUT2D eigenvalue weighted by Crippen LogP contribution is 2.11. The molecule has 0 fully saturated rings. The van der Waals surface area contributed by atoms with E-state index in [9.17, 15) is 9.90 Å². The zero-order valence-electron chi connectivity index (χ0n) is 8.70. The third-order valence-electron chi connectivity index (χ3n) is 1.90. The van der Waals surface area contributed by atoms with Crippen molar-refractivity contribution in [2.24, 2.45) is 0 Å². The molecule has 0 atom stereocenters. The lowest BCUT2D eigenvalue weighted by molar-refractivity contribution is -0.128. The number of aliphatic hydroxyl groups is 1. The van der Waals surface area contributed by atoms with E-state index in [0.717, 1.165) is 5.56 Å².